The molecule has 8 heteroatoms. The number of hydrogen-bond acceptors (Lipinski definition) is 7. The predicted octanol–water partition coefficient (Wildman–Crippen LogP) is 2.75. The van der Waals surface area contributed by atoms with Crippen molar-refractivity contribution in [3.05, 3.63) is 35.4 Å². The van der Waals surface area contributed by atoms with Crippen LogP contribution in [0.1, 0.15) is 25.0 Å². The number of rotatable bonds is 7. The van der Waals surface area contributed by atoms with Gasteiger partial charge in [0.2, 0.25) is 0 Å². The van der Waals surface area contributed by atoms with Gasteiger partial charge in [-0.1, -0.05) is 11.6 Å². The summed E-state index contributed by atoms with van der Waals surface area (Å²) in [7, 11) is 0. The first-order valence-electron chi connectivity index (χ1n) is 10.2. The second-order valence-corrected chi connectivity index (χ2v) is 8.12. The number of ketones is 1. The number of nitrogens with one attached hydrogen (secondary N) is 2. The molecule has 2 aromatic heterocycles. The maximum Gasteiger partial charge on any atom is 0.145 e. The van der Waals surface area contributed by atoms with Crippen LogP contribution in [-0.2, 0) is 16.0 Å². The zero-order chi connectivity index (χ0) is 20.1. The molecule has 0 spiro atoms. The first-order chi connectivity index (χ1) is 14.2. The Hall–Kier alpha value is -2.09. The molecule has 0 bridgehead atoms. The van der Waals surface area contributed by atoms with Gasteiger partial charge >= 0.3 is 0 Å². The van der Waals surface area contributed by atoms with Crippen LogP contribution in [0.5, 0.6) is 0 Å². The first-order valence-corrected chi connectivity index (χ1v) is 10.6. The summed E-state index contributed by atoms with van der Waals surface area (Å²) < 4.78 is 5.41. The van der Waals surface area contributed by atoms with E-state index in [1.54, 1.807) is 18.6 Å². The summed E-state index contributed by atoms with van der Waals surface area (Å²) in [6, 6.07) is 1.86. The third kappa shape index (κ3) is 5.29. The van der Waals surface area contributed by atoms with Gasteiger partial charge < -0.3 is 15.4 Å². The quantitative estimate of drug-likeness (QED) is 0.718. The fraction of sp³-hybridized carbons (Fsp3) is 0.524. The Morgan fingerprint density at radius 2 is 2.10 bits per heavy atom. The molecular formula is C21H26ClN5O2. The molecule has 0 radical (unpaired) electrons. The molecule has 0 aromatic carbocycles. The van der Waals surface area contributed by atoms with Crippen molar-refractivity contribution in [2.45, 2.75) is 25.7 Å². The number of carbonyl (C=O) groups is 1. The summed E-state index contributed by atoms with van der Waals surface area (Å²) in [6.07, 6.45) is 8.32. The Morgan fingerprint density at radius 3 is 2.90 bits per heavy atom. The van der Waals surface area contributed by atoms with Gasteiger partial charge in [0.1, 0.15) is 11.6 Å². The standard InChI is InChI=1S/C21H26ClN5O2/c22-18-11-25-16(8-20(28)15-1-4-23-10-15)7-17(18)19-12-24-13-21(27-19)26-9-14-2-5-29-6-3-14/h7,11-15,23H,1-6,8-10H2,(H,26,27)/t15-/m0/s1. The van der Waals surface area contributed by atoms with E-state index in [0.29, 0.717) is 28.7 Å². The van der Waals surface area contributed by atoms with Crippen LogP contribution in [0.25, 0.3) is 11.3 Å². The van der Waals surface area contributed by atoms with Crippen molar-refractivity contribution in [2.75, 3.05) is 38.2 Å². The maximum absolute atomic E-state index is 12.5. The SMILES string of the molecule is O=C(Cc1cc(-c2cncc(NCC3CCOCC3)n2)c(Cl)cn1)[C@H]1CCNC1. The Labute approximate surface area is 175 Å². The summed E-state index contributed by atoms with van der Waals surface area (Å²) >= 11 is 6.39. The van der Waals surface area contributed by atoms with Gasteiger partial charge in [0.05, 0.1) is 23.1 Å². The van der Waals surface area contributed by atoms with Gasteiger partial charge in [0, 0.05) is 56.1 Å². The average Bonchev–Trinajstić information content (AvgIpc) is 3.30. The molecule has 2 saturated heterocycles. The van der Waals surface area contributed by atoms with Gasteiger partial charge in [-0.25, -0.2) is 4.98 Å². The zero-order valence-corrected chi connectivity index (χ0v) is 17.1. The molecule has 154 valence electrons. The number of ether oxygens (including phenoxy) is 1. The molecule has 2 N–H and O–H groups in total. The van der Waals surface area contributed by atoms with Crippen LogP contribution in [0.15, 0.2) is 24.7 Å². The lowest BCUT2D eigenvalue weighted by atomic mass is 9.98. The molecule has 4 rings (SSSR count). The van der Waals surface area contributed by atoms with Crippen LogP contribution in [-0.4, -0.2) is 53.6 Å². The van der Waals surface area contributed by atoms with E-state index in [-0.39, 0.29) is 11.7 Å². The second kappa shape index (κ2) is 9.61. The van der Waals surface area contributed by atoms with Crippen molar-refractivity contribution in [1.29, 1.82) is 0 Å². The molecule has 7 nitrogen and oxygen atoms in total. The van der Waals surface area contributed by atoms with Gasteiger partial charge in [-0.2, -0.15) is 0 Å². The van der Waals surface area contributed by atoms with Crippen LogP contribution in [0.3, 0.4) is 0 Å². The largest absolute Gasteiger partial charge is 0.381 e. The Kier molecular flexibility index (Phi) is 6.69. The van der Waals surface area contributed by atoms with Crippen molar-refractivity contribution >= 4 is 23.2 Å². The number of nitrogens with zero attached hydrogens (tertiary/aromatic N) is 3. The van der Waals surface area contributed by atoms with E-state index in [1.165, 1.54) is 0 Å². The molecule has 0 saturated carbocycles. The molecule has 2 aliphatic heterocycles. The molecule has 4 heterocycles. The van der Waals surface area contributed by atoms with E-state index in [0.717, 1.165) is 63.5 Å². The number of aromatic nitrogens is 3. The lowest BCUT2D eigenvalue weighted by molar-refractivity contribution is -0.121. The summed E-state index contributed by atoms with van der Waals surface area (Å²) in [5.41, 5.74) is 2.13. The molecule has 2 fully saturated rings. The topological polar surface area (TPSA) is 89.0 Å². The third-order valence-corrected chi connectivity index (χ3v) is 5.91. The van der Waals surface area contributed by atoms with Crippen LogP contribution >= 0.6 is 11.6 Å². The summed E-state index contributed by atoms with van der Waals surface area (Å²) in [4.78, 5) is 25.8. The molecule has 2 aliphatic rings. The van der Waals surface area contributed by atoms with Crippen molar-refractivity contribution < 1.29 is 9.53 Å². The minimum Gasteiger partial charge on any atom is -0.381 e. The number of halogens is 1. The van der Waals surface area contributed by atoms with E-state index >= 15 is 0 Å². The van der Waals surface area contributed by atoms with Crippen LogP contribution in [0.2, 0.25) is 5.02 Å². The number of anilines is 1. The molecule has 0 amide bonds. The van der Waals surface area contributed by atoms with Gasteiger partial charge in [-0.05, 0) is 37.8 Å². The minimum atomic E-state index is 0.0773. The third-order valence-electron chi connectivity index (χ3n) is 5.61. The van der Waals surface area contributed by atoms with E-state index in [1.807, 2.05) is 6.07 Å². The summed E-state index contributed by atoms with van der Waals surface area (Å²) in [5.74, 6) is 1.60. The zero-order valence-electron chi connectivity index (χ0n) is 16.4. The average molecular weight is 416 g/mol. The lowest BCUT2D eigenvalue weighted by Crippen LogP contribution is -2.23. The summed E-state index contributed by atoms with van der Waals surface area (Å²) in [5, 5.41) is 7.11. The first kappa shape index (κ1) is 20.2. The van der Waals surface area contributed by atoms with Crippen molar-refractivity contribution in [2.24, 2.45) is 11.8 Å². The highest BCUT2D eigenvalue weighted by Gasteiger charge is 2.23. The maximum atomic E-state index is 12.5. The van der Waals surface area contributed by atoms with Crippen molar-refractivity contribution in [1.82, 2.24) is 20.3 Å². The van der Waals surface area contributed by atoms with E-state index in [2.05, 4.69) is 25.6 Å². The normalized spacial score (nSPS) is 20.0. The number of carbonyl (C=O) groups excluding carboxylic acids is 1. The molecular weight excluding hydrogens is 390 g/mol. The number of pyridine rings is 1. The Morgan fingerprint density at radius 1 is 1.24 bits per heavy atom. The van der Waals surface area contributed by atoms with Gasteiger partial charge in [0.15, 0.2) is 0 Å². The predicted molar refractivity (Wildman–Crippen MR) is 112 cm³/mol. The van der Waals surface area contributed by atoms with Crippen molar-refractivity contribution in [3.8, 4) is 11.3 Å². The number of Topliss-reactive ketones (excluding diaryl/α,β-unsaturated/α-hetero) is 1. The van der Waals surface area contributed by atoms with Gasteiger partial charge in [-0.15, -0.1) is 0 Å². The van der Waals surface area contributed by atoms with Crippen molar-refractivity contribution in [3.63, 3.8) is 0 Å². The monoisotopic (exact) mass is 415 g/mol. The van der Waals surface area contributed by atoms with E-state index in [4.69, 9.17) is 16.3 Å². The van der Waals surface area contributed by atoms with E-state index in [9.17, 15) is 4.79 Å². The molecule has 2 aromatic rings. The van der Waals surface area contributed by atoms with Crippen LogP contribution < -0.4 is 10.6 Å². The minimum absolute atomic E-state index is 0.0773. The van der Waals surface area contributed by atoms with Crippen LogP contribution in [0, 0.1) is 11.8 Å². The Bertz CT molecular complexity index is 851. The second-order valence-electron chi connectivity index (χ2n) is 7.71. The molecule has 1 atom stereocenters. The molecule has 0 unspecified atom stereocenters. The van der Waals surface area contributed by atoms with Gasteiger partial charge in [0.25, 0.3) is 0 Å². The van der Waals surface area contributed by atoms with Crippen LogP contribution in [0.4, 0.5) is 5.82 Å². The Balaban J connectivity index is 1.46. The highest BCUT2D eigenvalue weighted by Crippen LogP contribution is 2.27. The number of hydrogen-bond donors (Lipinski definition) is 2. The smallest absolute Gasteiger partial charge is 0.145 e. The summed E-state index contributed by atoms with van der Waals surface area (Å²) in [6.45, 7) is 4.15. The fourth-order valence-corrected chi connectivity index (χ4v) is 4.01. The molecule has 29 heavy (non-hydrogen) atoms. The highest BCUT2D eigenvalue weighted by atomic mass is 35.5. The molecule has 0 aliphatic carbocycles. The lowest BCUT2D eigenvalue weighted by Gasteiger charge is -2.22. The van der Waals surface area contributed by atoms with Gasteiger partial charge in [-0.3, -0.25) is 14.8 Å². The fourth-order valence-electron chi connectivity index (χ4n) is 3.81. The highest BCUT2D eigenvalue weighted by molar-refractivity contribution is 6.33. The van der Waals surface area contributed by atoms with E-state index < -0.39 is 0 Å².